The number of fused-ring (bicyclic) bond motifs is 2. The van der Waals surface area contributed by atoms with E-state index in [1.807, 2.05) is 33.8 Å². The van der Waals surface area contributed by atoms with Gasteiger partial charge in [-0.25, -0.2) is 4.79 Å². The largest absolute Gasteiger partial charge is 0.480 e. The summed E-state index contributed by atoms with van der Waals surface area (Å²) in [6.45, 7) is 11.4. The van der Waals surface area contributed by atoms with E-state index in [0.717, 1.165) is 23.3 Å². The number of methoxy groups -OCH3 is 2. The quantitative estimate of drug-likeness (QED) is 0.0716. The SMILES string of the molecule is CC[C@H](C)[C@@H]([C@@H](CC(=O)N1CCCC1[C@H](OC)[C@@H](C)C(=O)NC(Cc1ccccc1)C(=O)O)OC)N(C)C(=O)C(NC(=O)[C@@H]1[C@H]2CC[C@H](C2)N1C(=O)CCOCCOCCOCCN1C(=O)C=CC1=O)C(C)C. The van der Waals surface area contributed by atoms with Crippen LogP contribution in [0, 0.1) is 23.7 Å². The summed E-state index contributed by atoms with van der Waals surface area (Å²) < 4.78 is 28.7. The zero-order valence-corrected chi connectivity index (χ0v) is 44.0. The minimum Gasteiger partial charge on any atom is -0.480 e. The van der Waals surface area contributed by atoms with Gasteiger partial charge in [0, 0.05) is 52.4 Å². The summed E-state index contributed by atoms with van der Waals surface area (Å²) in [7, 11) is 4.67. The molecule has 2 bridgehead atoms. The number of imide groups is 1. The van der Waals surface area contributed by atoms with E-state index in [4.69, 9.17) is 23.7 Å². The summed E-state index contributed by atoms with van der Waals surface area (Å²) in [4.78, 5) is 112. The maximum Gasteiger partial charge on any atom is 0.326 e. The Hall–Kier alpha value is -5.28. The van der Waals surface area contributed by atoms with Crippen LogP contribution in [0.15, 0.2) is 42.5 Å². The van der Waals surface area contributed by atoms with Gasteiger partial charge in [-0.3, -0.25) is 38.5 Å². The van der Waals surface area contributed by atoms with E-state index >= 15 is 0 Å². The molecule has 3 aliphatic heterocycles. The molecular formula is C53H80N6O14. The van der Waals surface area contributed by atoms with Crippen LogP contribution in [0.5, 0.6) is 0 Å². The fourth-order valence-corrected chi connectivity index (χ4v) is 11.0. The average Bonchev–Trinajstić information content (AvgIpc) is 4.20. The van der Waals surface area contributed by atoms with Crippen LogP contribution in [-0.4, -0.2) is 194 Å². The lowest BCUT2D eigenvalue weighted by Gasteiger charge is -2.41. The number of carboxylic acids is 1. The number of likely N-dealkylation sites (N-methyl/N-ethyl adjacent to an activating group) is 1. The Kier molecular flexibility index (Phi) is 22.8. The molecular weight excluding hydrogens is 945 g/mol. The molecule has 406 valence electrons. The second-order valence-electron chi connectivity index (χ2n) is 20.1. The maximum atomic E-state index is 14.7. The maximum absolute atomic E-state index is 14.7. The van der Waals surface area contributed by atoms with Crippen molar-refractivity contribution in [3.05, 3.63) is 48.0 Å². The molecule has 3 fully saturated rings. The van der Waals surface area contributed by atoms with Crippen molar-refractivity contribution in [3.63, 3.8) is 0 Å². The van der Waals surface area contributed by atoms with E-state index in [9.17, 15) is 43.5 Å². The molecule has 0 aromatic heterocycles. The monoisotopic (exact) mass is 1020 g/mol. The first kappa shape index (κ1) is 58.6. The molecule has 1 aromatic rings. The first-order valence-corrected chi connectivity index (χ1v) is 26.0. The number of carbonyl (C=O) groups excluding carboxylic acids is 7. The smallest absolute Gasteiger partial charge is 0.326 e. The van der Waals surface area contributed by atoms with Crippen LogP contribution < -0.4 is 10.6 Å². The number of likely N-dealkylation sites (tertiary alicyclic amines) is 2. The Bertz CT molecular complexity index is 2060. The van der Waals surface area contributed by atoms with Crippen molar-refractivity contribution in [3.8, 4) is 0 Å². The van der Waals surface area contributed by atoms with Crippen molar-refractivity contribution in [2.45, 2.75) is 141 Å². The number of carbonyl (C=O) groups is 8. The third-order valence-corrected chi connectivity index (χ3v) is 15.1. The second-order valence-corrected chi connectivity index (χ2v) is 20.1. The van der Waals surface area contributed by atoms with Gasteiger partial charge in [-0.05, 0) is 55.4 Å². The van der Waals surface area contributed by atoms with E-state index in [0.29, 0.717) is 32.2 Å². The molecule has 20 nitrogen and oxygen atoms in total. The predicted molar refractivity (Wildman–Crippen MR) is 267 cm³/mol. The van der Waals surface area contributed by atoms with Crippen molar-refractivity contribution < 1.29 is 67.1 Å². The van der Waals surface area contributed by atoms with Crippen LogP contribution in [0.1, 0.15) is 91.5 Å². The molecule has 11 atom stereocenters. The number of amides is 7. The van der Waals surface area contributed by atoms with E-state index in [2.05, 4.69) is 10.6 Å². The highest BCUT2D eigenvalue weighted by Gasteiger charge is 2.52. The number of benzene rings is 1. The molecule has 2 saturated heterocycles. The summed E-state index contributed by atoms with van der Waals surface area (Å²) in [5.41, 5.74) is 0.764. The van der Waals surface area contributed by atoms with Crippen LogP contribution in [0.25, 0.3) is 0 Å². The molecule has 4 aliphatic rings. The van der Waals surface area contributed by atoms with Gasteiger partial charge in [0.2, 0.25) is 29.5 Å². The lowest BCUT2D eigenvalue weighted by atomic mass is 9.89. The third-order valence-electron chi connectivity index (χ3n) is 15.1. The Morgan fingerprint density at radius 2 is 1.47 bits per heavy atom. The minimum atomic E-state index is -1.16. The summed E-state index contributed by atoms with van der Waals surface area (Å²) in [6.07, 6.45) is 5.26. The van der Waals surface area contributed by atoms with Gasteiger partial charge in [0.15, 0.2) is 0 Å². The molecule has 3 N–H and O–H groups in total. The molecule has 73 heavy (non-hydrogen) atoms. The lowest BCUT2D eigenvalue weighted by molar-refractivity contribution is -0.149. The van der Waals surface area contributed by atoms with Crippen LogP contribution in [-0.2, 0) is 68.5 Å². The molecule has 0 radical (unpaired) electrons. The standard InChI is InChI=1S/C53H80N6O14/c1-9-34(4)47(41(69-7)32-45(63)57-22-13-16-40(57)49(70-8)35(5)50(64)54-39(53(67)68)30-36-14-11-10-12-15-36)56(6)52(66)46(33(2)3)55-51(65)48-37-17-18-38(31-37)59(48)44(62)21-24-71-26-28-73-29-27-72-25-23-58-42(60)19-20-43(58)61/h10-12,14-15,19-20,33-35,37-41,46-49H,9,13,16-18,21-32H2,1-8H3,(H,54,64)(H,55,65)(H,67,68)/t34-,35+,37-,38+,39?,40?,41+,46?,47-,48-,49+/m0/s1. The number of piperidine rings is 1. The Morgan fingerprint density at radius 1 is 0.822 bits per heavy atom. The number of carboxylic acid groups (broad SMARTS) is 1. The topological polar surface area (TPSA) is 240 Å². The van der Waals surface area contributed by atoms with Gasteiger partial charge in [0.05, 0.1) is 89.2 Å². The highest BCUT2D eigenvalue weighted by Crippen LogP contribution is 2.43. The van der Waals surface area contributed by atoms with Crippen LogP contribution in [0.4, 0.5) is 0 Å². The molecule has 1 aromatic carbocycles. The average molecular weight is 1030 g/mol. The number of aliphatic carboxylic acids is 1. The number of nitrogens with one attached hydrogen (secondary N) is 2. The predicted octanol–water partition coefficient (Wildman–Crippen LogP) is 2.60. The molecule has 0 spiro atoms. The highest BCUT2D eigenvalue weighted by molar-refractivity contribution is 6.12. The van der Waals surface area contributed by atoms with Crippen molar-refractivity contribution in [2.75, 3.05) is 74.0 Å². The molecule has 1 saturated carbocycles. The molecule has 7 amide bonds. The van der Waals surface area contributed by atoms with Crippen molar-refractivity contribution in [1.82, 2.24) is 30.2 Å². The number of ether oxygens (including phenoxy) is 5. The summed E-state index contributed by atoms with van der Waals surface area (Å²) in [6, 6.07) is 5.08. The molecule has 5 rings (SSSR count). The van der Waals surface area contributed by atoms with Gasteiger partial charge in [-0.1, -0.05) is 71.4 Å². The summed E-state index contributed by atoms with van der Waals surface area (Å²) in [5.74, 6) is -4.81. The Labute approximate surface area is 430 Å². The highest BCUT2D eigenvalue weighted by atomic mass is 16.5. The molecule has 3 heterocycles. The number of rotatable bonds is 31. The van der Waals surface area contributed by atoms with E-state index in [1.165, 1.54) is 26.4 Å². The summed E-state index contributed by atoms with van der Waals surface area (Å²) >= 11 is 0. The van der Waals surface area contributed by atoms with Crippen LogP contribution in [0.3, 0.4) is 0 Å². The number of hydrogen-bond acceptors (Lipinski definition) is 13. The van der Waals surface area contributed by atoms with Crippen LogP contribution >= 0.6 is 0 Å². The molecule has 1 aliphatic carbocycles. The van der Waals surface area contributed by atoms with Crippen molar-refractivity contribution in [1.29, 1.82) is 0 Å². The molecule has 3 unspecified atom stereocenters. The first-order chi connectivity index (χ1) is 34.9. The normalized spacial score (nSPS) is 22.3. The van der Waals surface area contributed by atoms with Gasteiger partial charge in [0.1, 0.15) is 18.1 Å². The third kappa shape index (κ3) is 15.4. The van der Waals surface area contributed by atoms with Crippen molar-refractivity contribution >= 4 is 47.3 Å². The van der Waals surface area contributed by atoms with Gasteiger partial charge < -0.3 is 54.1 Å². The van der Waals surface area contributed by atoms with Crippen molar-refractivity contribution in [2.24, 2.45) is 23.7 Å². The van der Waals surface area contributed by atoms with E-state index in [-0.39, 0.29) is 125 Å². The zero-order chi connectivity index (χ0) is 53.4. The molecule has 20 heteroatoms. The fourth-order valence-electron chi connectivity index (χ4n) is 11.0. The Balaban J connectivity index is 1.14. The van der Waals surface area contributed by atoms with Gasteiger partial charge in [-0.2, -0.15) is 0 Å². The van der Waals surface area contributed by atoms with E-state index < -0.39 is 60.2 Å². The lowest BCUT2D eigenvalue weighted by Crippen LogP contribution is -2.60. The van der Waals surface area contributed by atoms with E-state index in [1.54, 1.807) is 52.9 Å². The van der Waals surface area contributed by atoms with Gasteiger partial charge in [-0.15, -0.1) is 0 Å². The zero-order valence-electron chi connectivity index (χ0n) is 44.0. The summed E-state index contributed by atoms with van der Waals surface area (Å²) in [5, 5.41) is 15.7. The van der Waals surface area contributed by atoms with Gasteiger partial charge >= 0.3 is 5.97 Å². The van der Waals surface area contributed by atoms with Crippen LogP contribution in [0.2, 0.25) is 0 Å². The number of hydrogen-bond donors (Lipinski definition) is 3. The second kappa shape index (κ2) is 28.4. The number of nitrogens with zero attached hydrogens (tertiary/aromatic N) is 4. The van der Waals surface area contributed by atoms with Gasteiger partial charge in [0.25, 0.3) is 11.8 Å². The first-order valence-electron chi connectivity index (χ1n) is 26.0. The fraction of sp³-hybridized carbons (Fsp3) is 0.698. The Morgan fingerprint density at radius 3 is 2.07 bits per heavy atom. The minimum absolute atomic E-state index is 0.0401.